The third kappa shape index (κ3) is 3.07. The summed E-state index contributed by atoms with van der Waals surface area (Å²) in [4.78, 5) is 2.61. The lowest BCUT2D eigenvalue weighted by Gasteiger charge is -2.37. The number of benzene rings is 1. The van der Waals surface area contributed by atoms with Crippen LogP contribution in [0.1, 0.15) is 62.1 Å². The molecule has 1 unspecified atom stereocenters. The second-order valence-corrected chi connectivity index (χ2v) is 6.58. The molecule has 2 fully saturated rings. The molecule has 1 saturated carbocycles. The van der Waals surface area contributed by atoms with Crippen molar-refractivity contribution in [3.05, 3.63) is 35.4 Å². The average Bonchev–Trinajstić information content (AvgIpc) is 3.34. The normalized spacial score (nSPS) is 22.9. The molecule has 2 aliphatic rings. The molecule has 2 heteroatoms. The summed E-state index contributed by atoms with van der Waals surface area (Å²) in [7, 11) is 0. The van der Waals surface area contributed by atoms with Crippen LogP contribution >= 0.6 is 0 Å². The Balaban J connectivity index is 1.71. The summed E-state index contributed by atoms with van der Waals surface area (Å²) >= 11 is 0. The van der Waals surface area contributed by atoms with Crippen LogP contribution in [-0.4, -0.2) is 24.5 Å². The van der Waals surface area contributed by atoms with Gasteiger partial charge in [0.05, 0.1) is 0 Å². The molecule has 1 aromatic rings. The van der Waals surface area contributed by atoms with Gasteiger partial charge in [-0.1, -0.05) is 37.6 Å². The maximum atomic E-state index is 6.10. The van der Waals surface area contributed by atoms with Crippen molar-refractivity contribution in [1.82, 2.24) is 4.90 Å². The number of nitrogens with zero attached hydrogens (tertiary/aromatic N) is 1. The molecule has 2 nitrogen and oxygen atoms in total. The molecule has 3 rings (SSSR count). The Labute approximate surface area is 123 Å². The Morgan fingerprint density at radius 1 is 1.20 bits per heavy atom. The zero-order chi connectivity index (χ0) is 13.9. The first-order valence-electron chi connectivity index (χ1n) is 8.35. The Morgan fingerprint density at radius 2 is 1.95 bits per heavy atom. The van der Waals surface area contributed by atoms with Crippen molar-refractivity contribution in [3.63, 3.8) is 0 Å². The predicted molar refractivity (Wildman–Crippen MR) is 84.8 cm³/mol. The van der Waals surface area contributed by atoms with E-state index in [9.17, 15) is 0 Å². The van der Waals surface area contributed by atoms with Crippen molar-refractivity contribution in [3.8, 4) is 0 Å². The summed E-state index contributed by atoms with van der Waals surface area (Å²) in [6.07, 6.45) is 6.76. The Kier molecular flexibility index (Phi) is 4.42. The Morgan fingerprint density at radius 3 is 2.55 bits per heavy atom. The quantitative estimate of drug-likeness (QED) is 0.886. The summed E-state index contributed by atoms with van der Waals surface area (Å²) in [6.45, 7) is 5.49. The molecule has 0 bridgehead atoms. The molecular formula is C18H28N2. The molecule has 110 valence electrons. The minimum atomic E-state index is 0.423. The summed E-state index contributed by atoms with van der Waals surface area (Å²) in [5, 5.41) is 0. The smallest absolute Gasteiger partial charge is 0.0470 e. The highest BCUT2D eigenvalue weighted by atomic mass is 15.2. The molecular weight excluding hydrogens is 244 g/mol. The number of hydrogen-bond donors (Lipinski definition) is 1. The number of piperidine rings is 1. The molecule has 1 atom stereocenters. The molecule has 20 heavy (non-hydrogen) atoms. The van der Waals surface area contributed by atoms with Crippen LogP contribution in [0.2, 0.25) is 0 Å². The zero-order valence-corrected chi connectivity index (χ0v) is 12.7. The van der Waals surface area contributed by atoms with Crippen molar-refractivity contribution >= 4 is 0 Å². The van der Waals surface area contributed by atoms with Crippen LogP contribution in [0.15, 0.2) is 24.3 Å². The van der Waals surface area contributed by atoms with E-state index in [0.29, 0.717) is 6.04 Å². The van der Waals surface area contributed by atoms with Gasteiger partial charge < -0.3 is 5.73 Å². The number of nitrogens with two attached hydrogens (primary N) is 1. The predicted octanol–water partition coefficient (Wildman–Crippen LogP) is 3.69. The highest BCUT2D eigenvalue weighted by molar-refractivity contribution is 5.31. The van der Waals surface area contributed by atoms with Gasteiger partial charge in [-0.15, -0.1) is 0 Å². The molecule has 1 heterocycles. The van der Waals surface area contributed by atoms with Crippen molar-refractivity contribution < 1.29 is 0 Å². The summed E-state index contributed by atoms with van der Waals surface area (Å²) < 4.78 is 0. The highest BCUT2D eigenvalue weighted by Gasteiger charge is 2.27. The summed E-state index contributed by atoms with van der Waals surface area (Å²) in [5.74, 6) is 1.77. The lowest BCUT2D eigenvalue weighted by Crippen LogP contribution is -2.39. The fourth-order valence-corrected chi connectivity index (χ4v) is 3.61. The Hall–Kier alpha value is -0.860. The van der Waals surface area contributed by atoms with Gasteiger partial charge in [0, 0.05) is 12.6 Å². The SMILES string of the molecule is CCC1CCN(C(CN)c2cccc(C3CC3)c2)CC1. The van der Waals surface area contributed by atoms with E-state index in [-0.39, 0.29) is 0 Å². The molecule has 0 amide bonds. The first-order valence-corrected chi connectivity index (χ1v) is 8.35. The second kappa shape index (κ2) is 6.28. The van der Waals surface area contributed by atoms with Gasteiger partial charge in [0.1, 0.15) is 0 Å². The second-order valence-electron chi connectivity index (χ2n) is 6.58. The van der Waals surface area contributed by atoms with E-state index in [0.717, 1.165) is 18.4 Å². The van der Waals surface area contributed by atoms with E-state index in [1.54, 1.807) is 0 Å². The topological polar surface area (TPSA) is 29.3 Å². The molecule has 0 spiro atoms. The van der Waals surface area contributed by atoms with Crippen LogP contribution in [0.5, 0.6) is 0 Å². The van der Waals surface area contributed by atoms with Crippen LogP contribution in [0.3, 0.4) is 0 Å². The fraction of sp³-hybridized carbons (Fsp3) is 0.667. The van der Waals surface area contributed by atoms with Crippen molar-refractivity contribution in [2.45, 2.75) is 51.0 Å². The molecule has 2 N–H and O–H groups in total. The van der Waals surface area contributed by atoms with Gasteiger partial charge >= 0.3 is 0 Å². The Bertz CT molecular complexity index is 431. The van der Waals surface area contributed by atoms with E-state index in [1.807, 2.05) is 0 Å². The van der Waals surface area contributed by atoms with Crippen molar-refractivity contribution in [2.75, 3.05) is 19.6 Å². The highest BCUT2D eigenvalue weighted by Crippen LogP contribution is 2.41. The van der Waals surface area contributed by atoms with Gasteiger partial charge in [-0.25, -0.2) is 0 Å². The monoisotopic (exact) mass is 272 g/mol. The molecule has 1 aromatic carbocycles. The molecule has 0 aromatic heterocycles. The van der Waals surface area contributed by atoms with E-state index in [2.05, 4.69) is 36.1 Å². The van der Waals surface area contributed by atoms with Gasteiger partial charge in [-0.05, 0) is 61.7 Å². The first kappa shape index (κ1) is 14.1. The van der Waals surface area contributed by atoms with Crippen LogP contribution in [0, 0.1) is 5.92 Å². The summed E-state index contributed by atoms with van der Waals surface area (Å²) in [5.41, 5.74) is 9.07. The molecule has 1 aliphatic carbocycles. The number of hydrogen-bond acceptors (Lipinski definition) is 2. The third-order valence-electron chi connectivity index (χ3n) is 5.23. The number of rotatable bonds is 5. The number of likely N-dealkylation sites (tertiary alicyclic amines) is 1. The zero-order valence-electron chi connectivity index (χ0n) is 12.7. The first-order chi connectivity index (χ1) is 9.81. The van der Waals surface area contributed by atoms with Crippen LogP contribution in [-0.2, 0) is 0 Å². The van der Waals surface area contributed by atoms with Gasteiger partial charge in [-0.2, -0.15) is 0 Å². The molecule has 1 aliphatic heterocycles. The van der Waals surface area contributed by atoms with E-state index >= 15 is 0 Å². The molecule has 0 radical (unpaired) electrons. The maximum Gasteiger partial charge on any atom is 0.0470 e. The van der Waals surface area contributed by atoms with Crippen LogP contribution < -0.4 is 5.73 Å². The van der Waals surface area contributed by atoms with Crippen molar-refractivity contribution in [2.24, 2.45) is 11.7 Å². The fourth-order valence-electron chi connectivity index (χ4n) is 3.61. The van der Waals surface area contributed by atoms with Gasteiger partial charge in [-0.3, -0.25) is 4.90 Å². The van der Waals surface area contributed by atoms with E-state index < -0.39 is 0 Å². The third-order valence-corrected chi connectivity index (χ3v) is 5.23. The van der Waals surface area contributed by atoms with Crippen LogP contribution in [0.25, 0.3) is 0 Å². The van der Waals surface area contributed by atoms with E-state index in [4.69, 9.17) is 5.73 Å². The lowest BCUT2D eigenvalue weighted by molar-refractivity contribution is 0.134. The average molecular weight is 272 g/mol. The van der Waals surface area contributed by atoms with Gasteiger partial charge in [0.25, 0.3) is 0 Å². The van der Waals surface area contributed by atoms with Gasteiger partial charge in [0.2, 0.25) is 0 Å². The van der Waals surface area contributed by atoms with Crippen LogP contribution in [0.4, 0.5) is 0 Å². The summed E-state index contributed by atoms with van der Waals surface area (Å²) in [6, 6.07) is 9.63. The largest absolute Gasteiger partial charge is 0.329 e. The minimum Gasteiger partial charge on any atom is -0.329 e. The van der Waals surface area contributed by atoms with E-state index in [1.165, 1.54) is 56.3 Å². The molecule has 1 saturated heterocycles. The maximum absolute atomic E-state index is 6.10. The van der Waals surface area contributed by atoms with Gasteiger partial charge in [0.15, 0.2) is 0 Å². The minimum absolute atomic E-state index is 0.423. The van der Waals surface area contributed by atoms with Crippen molar-refractivity contribution in [1.29, 1.82) is 0 Å². The standard InChI is InChI=1S/C18H28N2/c1-2-14-8-10-20(11-9-14)18(13-19)17-5-3-4-16(12-17)15-6-7-15/h3-5,12,14-15,18H,2,6-11,13,19H2,1H3. The lowest BCUT2D eigenvalue weighted by atomic mass is 9.92.